The van der Waals surface area contributed by atoms with E-state index in [9.17, 15) is 9.59 Å². The number of hydrogen-bond acceptors (Lipinski definition) is 5. The number of benzene rings is 1. The van der Waals surface area contributed by atoms with E-state index < -0.39 is 12.0 Å². The standard InChI is InChI=1S/C16H17NO4S2/c1-3-7-21-12-6-4-5-11(8-12)9-13-14(18)17(16(22)23-13)10(2)15(19)20/h4-6,8-10H,3,7H2,1-2H3,(H,19,20)/b13-9+/t10-/m0/s1. The Labute approximate surface area is 144 Å². The molecule has 1 aliphatic heterocycles. The smallest absolute Gasteiger partial charge is 0.326 e. The largest absolute Gasteiger partial charge is 0.494 e. The molecule has 0 radical (unpaired) electrons. The van der Waals surface area contributed by atoms with Crippen LogP contribution in [0.15, 0.2) is 29.2 Å². The van der Waals surface area contributed by atoms with Crippen molar-refractivity contribution in [3.05, 3.63) is 34.7 Å². The van der Waals surface area contributed by atoms with Gasteiger partial charge >= 0.3 is 5.97 Å². The molecule has 1 aliphatic rings. The minimum atomic E-state index is -1.09. The van der Waals surface area contributed by atoms with Gasteiger partial charge in [-0.15, -0.1) is 0 Å². The zero-order valence-electron chi connectivity index (χ0n) is 12.8. The summed E-state index contributed by atoms with van der Waals surface area (Å²) in [6.45, 7) is 4.09. The molecule has 0 unspecified atom stereocenters. The maximum Gasteiger partial charge on any atom is 0.326 e. The van der Waals surface area contributed by atoms with Gasteiger partial charge in [-0.3, -0.25) is 9.69 Å². The molecule has 0 bridgehead atoms. The molecule has 1 heterocycles. The SMILES string of the molecule is CCCOc1cccc(/C=C2/SC(=S)N([C@@H](C)C(=O)O)C2=O)c1. The third-order valence-electron chi connectivity index (χ3n) is 3.20. The van der Waals surface area contributed by atoms with Crippen LogP contribution >= 0.6 is 24.0 Å². The van der Waals surface area contributed by atoms with E-state index in [1.54, 1.807) is 6.08 Å². The highest BCUT2D eigenvalue weighted by molar-refractivity contribution is 8.26. The van der Waals surface area contributed by atoms with Gasteiger partial charge in [0.15, 0.2) is 0 Å². The van der Waals surface area contributed by atoms with Gasteiger partial charge in [0.05, 0.1) is 11.5 Å². The van der Waals surface area contributed by atoms with Crippen molar-refractivity contribution in [1.82, 2.24) is 4.90 Å². The third kappa shape index (κ3) is 4.11. The molecule has 1 N–H and O–H groups in total. The van der Waals surface area contributed by atoms with Crippen molar-refractivity contribution < 1.29 is 19.4 Å². The molecule has 1 aromatic carbocycles. The number of hydrogen-bond donors (Lipinski definition) is 1. The van der Waals surface area contributed by atoms with E-state index in [4.69, 9.17) is 22.1 Å². The predicted octanol–water partition coefficient (Wildman–Crippen LogP) is 3.15. The number of carboxylic acids is 1. The van der Waals surface area contributed by atoms with E-state index in [2.05, 4.69) is 0 Å². The van der Waals surface area contributed by atoms with Crippen molar-refractivity contribution >= 4 is 46.3 Å². The molecule has 1 atom stereocenters. The van der Waals surface area contributed by atoms with Crippen LogP contribution in [0.2, 0.25) is 0 Å². The summed E-state index contributed by atoms with van der Waals surface area (Å²) in [6.07, 6.45) is 2.61. The number of rotatable bonds is 6. The summed E-state index contributed by atoms with van der Waals surface area (Å²) >= 11 is 6.24. The predicted molar refractivity (Wildman–Crippen MR) is 94.3 cm³/mol. The minimum Gasteiger partial charge on any atom is -0.494 e. The van der Waals surface area contributed by atoms with Gasteiger partial charge in [0.25, 0.3) is 5.91 Å². The lowest BCUT2D eigenvalue weighted by Crippen LogP contribution is -2.41. The number of carbonyl (C=O) groups excluding carboxylic acids is 1. The van der Waals surface area contributed by atoms with Gasteiger partial charge in [-0.05, 0) is 37.1 Å². The topological polar surface area (TPSA) is 66.8 Å². The first kappa shape index (κ1) is 17.5. The summed E-state index contributed by atoms with van der Waals surface area (Å²) in [6, 6.07) is 6.41. The second kappa shape index (κ2) is 7.61. The Morgan fingerprint density at radius 2 is 2.26 bits per heavy atom. The average Bonchev–Trinajstić information content (AvgIpc) is 2.79. The molecular weight excluding hydrogens is 334 g/mol. The van der Waals surface area contributed by atoms with E-state index in [1.807, 2.05) is 31.2 Å². The maximum absolute atomic E-state index is 12.4. The highest BCUT2D eigenvalue weighted by atomic mass is 32.2. The van der Waals surface area contributed by atoms with Crippen LogP contribution in [0, 0.1) is 0 Å². The minimum absolute atomic E-state index is 0.259. The van der Waals surface area contributed by atoms with Crippen LogP contribution in [-0.2, 0) is 9.59 Å². The molecule has 5 nitrogen and oxygen atoms in total. The molecule has 2 rings (SSSR count). The maximum atomic E-state index is 12.4. The molecule has 1 fully saturated rings. The first-order chi connectivity index (χ1) is 10.9. The van der Waals surface area contributed by atoms with Crippen LogP contribution in [0.3, 0.4) is 0 Å². The van der Waals surface area contributed by atoms with Crippen LogP contribution in [0.4, 0.5) is 0 Å². The molecule has 7 heteroatoms. The zero-order chi connectivity index (χ0) is 17.0. The van der Waals surface area contributed by atoms with Gasteiger partial charge < -0.3 is 9.84 Å². The van der Waals surface area contributed by atoms with Crippen LogP contribution < -0.4 is 4.74 Å². The van der Waals surface area contributed by atoms with Gasteiger partial charge in [0, 0.05) is 0 Å². The molecule has 1 amide bonds. The lowest BCUT2D eigenvalue weighted by molar-refractivity contribution is -0.144. The summed E-state index contributed by atoms with van der Waals surface area (Å²) in [5, 5.41) is 9.07. The number of thiocarbonyl (C=S) groups is 1. The molecule has 0 aliphatic carbocycles. The average molecular weight is 351 g/mol. The molecule has 1 aromatic rings. The normalized spacial score (nSPS) is 17.7. The van der Waals surface area contributed by atoms with E-state index in [1.165, 1.54) is 6.92 Å². The number of carbonyl (C=O) groups is 2. The Morgan fingerprint density at radius 1 is 1.52 bits per heavy atom. The Balaban J connectivity index is 2.22. The summed E-state index contributed by atoms with van der Waals surface area (Å²) in [4.78, 5) is 25.0. The van der Waals surface area contributed by atoms with Gasteiger partial charge in [0.1, 0.15) is 16.1 Å². The van der Waals surface area contributed by atoms with Crippen LogP contribution in [0.5, 0.6) is 5.75 Å². The van der Waals surface area contributed by atoms with Gasteiger partial charge in [-0.25, -0.2) is 4.79 Å². The van der Waals surface area contributed by atoms with Crippen molar-refractivity contribution in [2.24, 2.45) is 0 Å². The lowest BCUT2D eigenvalue weighted by Gasteiger charge is -2.18. The van der Waals surface area contributed by atoms with Crippen molar-refractivity contribution in [2.75, 3.05) is 6.61 Å². The van der Waals surface area contributed by atoms with Crippen molar-refractivity contribution in [3.63, 3.8) is 0 Å². The number of aliphatic carboxylic acids is 1. The molecule has 23 heavy (non-hydrogen) atoms. The highest BCUT2D eigenvalue weighted by Crippen LogP contribution is 2.34. The molecule has 0 spiro atoms. The number of nitrogens with zero attached hydrogens (tertiary/aromatic N) is 1. The Bertz CT molecular complexity index is 672. The van der Waals surface area contributed by atoms with E-state index in [0.717, 1.165) is 34.4 Å². The highest BCUT2D eigenvalue weighted by Gasteiger charge is 2.38. The Morgan fingerprint density at radius 3 is 2.91 bits per heavy atom. The van der Waals surface area contributed by atoms with Crippen LogP contribution in [0.25, 0.3) is 6.08 Å². The number of amides is 1. The molecule has 0 saturated carbocycles. The number of carboxylic acid groups (broad SMARTS) is 1. The third-order valence-corrected chi connectivity index (χ3v) is 4.53. The number of ether oxygens (including phenoxy) is 1. The monoisotopic (exact) mass is 351 g/mol. The van der Waals surface area contributed by atoms with Crippen LogP contribution in [0.1, 0.15) is 25.8 Å². The fraction of sp³-hybridized carbons (Fsp3) is 0.312. The zero-order valence-corrected chi connectivity index (χ0v) is 14.4. The van der Waals surface area contributed by atoms with E-state index >= 15 is 0 Å². The van der Waals surface area contributed by atoms with Crippen molar-refractivity contribution in [2.45, 2.75) is 26.3 Å². The van der Waals surface area contributed by atoms with Crippen molar-refractivity contribution in [3.8, 4) is 5.75 Å². The summed E-state index contributed by atoms with van der Waals surface area (Å²) in [5.74, 6) is -0.734. The first-order valence-corrected chi connectivity index (χ1v) is 8.39. The summed E-state index contributed by atoms with van der Waals surface area (Å²) in [7, 11) is 0. The first-order valence-electron chi connectivity index (χ1n) is 7.16. The van der Waals surface area contributed by atoms with Crippen molar-refractivity contribution in [1.29, 1.82) is 0 Å². The van der Waals surface area contributed by atoms with Gasteiger partial charge in [-0.1, -0.05) is 43.0 Å². The van der Waals surface area contributed by atoms with E-state index in [-0.39, 0.29) is 10.2 Å². The lowest BCUT2D eigenvalue weighted by atomic mass is 10.2. The fourth-order valence-corrected chi connectivity index (χ4v) is 3.41. The Hall–Kier alpha value is -1.86. The summed E-state index contributed by atoms with van der Waals surface area (Å²) in [5.41, 5.74) is 0.807. The molecule has 0 aromatic heterocycles. The van der Waals surface area contributed by atoms with E-state index in [0.29, 0.717) is 11.5 Å². The quantitative estimate of drug-likeness (QED) is 0.627. The molecule has 122 valence electrons. The Kier molecular flexibility index (Phi) is 5.79. The molecule has 1 saturated heterocycles. The number of thioether (sulfide) groups is 1. The summed E-state index contributed by atoms with van der Waals surface area (Å²) < 4.78 is 5.82. The fourth-order valence-electron chi connectivity index (χ4n) is 1.99. The van der Waals surface area contributed by atoms with Gasteiger partial charge in [-0.2, -0.15) is 0 Å². The second-order valence-corrected chi connectivity index (χ2v) is 6.66. The molecular formula is C16H17NO4S2. The van der Waals surface area contributed by atoms with Crippen LogP contribution in [-0.4, -0.2) is 38.9 Å². The second-order valence-electron chi connectivity index (χ2n) is 4.99. The van der Waals surface area contributed by atoms with Gasteiger partial charge in [0.2, 0.25) is 0 Å².